The number of carbonyl (C=O) groups is 3. The number of rotatable bonds is 5. The fraction of sp³-hybridized carbons (Fsp3) is 0.550. The van der Waals surface area contributed by atoms with Gasteiger partial charge in [-0.15, -0.1) is 0 Å². The van der Waals surface area contributed by atoms with E-state index in [1.54, 1.807) is 12.1 Å². The van der Waals surface area contributed by atoms with Crippen molar-refractivity contribution in [2.24, 2.45) is 5.92 Å². The summed E-state index contributed by atoms with van der Waals surface area (Å²) in [6, 6.07) is 6.15. The van der Waals surface area contributed by atoms with E-state index in [-0.39, 0.29) is 43.7 Å². The first kappa shape index (κ1) is 21.4. The molecule has 2 fully saturated rings. The number of piperazine rings is 1. The van der Waals surface area contributed by atoms with E-state index >= 15 is 0 Å². The number of benzene rings is 1. The molecule has 0 aliphatic carbocycles. The molecular formula is C20H27N3O5S. The molecular weight excluding hydrogens is 394 g/mol. The zero-order valence-corrected chi connectivity index (χ0v) is 17.6. The number of nitrogens with zero attached hydrogens (tertiary/aromatic N) is 2. The first-order valence-corrected chi connectivity index (χ1v) is 11.6. The van der Waals surface area contributed by atoms with Crippen molar-refractivity contribution < 1.29 is 22.8 Å². The van der Waals surface area contributed by atoms with Crippen LogP contribution in [0, 0.1) is 12.8 Å². The molecule has 29 heavy (non-hydrogen) atoms. The molecule has 2 saturated heterocycles. The number of hydrogen-bond donors (Lipinski definition) is 1. The number of aryl methyl sites for hydroxylation is 1. The summed E-state index contributed by atoms with van der Waals surface area (Å²) in [5, 5.41) is 2.76. The first-order valence-electron chi connectivity index (χ1n) is 9.80. The van der Waals surface area contributed by atoms with E-state index in [0.717, 1.165) is 18.2 Å². The highest BCUT2D eigenvalue weighted by molar-refractivity contribution is 7.88. The number of amides is 2. The van der Waals surface area contributed by atoms with Gasteiger partial charge >= 0.3 is 0 Å². The van der Waals surface area contributed by atoms with Crippen molar-refractivity contribution in [1.82, 2.24) is 14.5 Å². The Morgan fingerprint density at radius 3 is 2.48 bits per heavy atom. The van der Waals surface area contributed by atoms with Crippen LogP contribution >= 0.6 is 0 Å². The Morgan fingerprint density at radius 2 is 1.86 bits per heavy atom. The monoisotopic (exact) mass is 421 g/mol. The van der Waals surface area contributed by atoms with Crippen molar-refractivity contribution >= 4 is 27.6 Å². The van der Waals surface area contributed by atoms with Crippen LogP contribution in [0.25, 0.3) is 0 Å². The molecule has 2 atom stereocenters. The van der Waals surface area contributed by atoms with Crippen molar-refractivity contribution in [2.75, 3.05) is 32.4 Å². The molecule has 1 N–H and O–H groups in total. The Labute approximate surface area is 171 Å². The Hall–Kier alpha value is -2.26. The minimum atomic E-state index is -3.49. The van der Waals surface area contributed by atoms with Gasteiger partial charge in [0, 0.05) is 44.1 Å². The highest BCUT2D eigenvalue weighted by atomic mass is 32.2. The van der Waals surface area contributed by atoms with Crippen molar-refractivity contribution in [3.8, 4) is 0 Å². The van der Waals surface area contributed by atoms with Crippen LogP contribution in [-0.4, -0.2) is 73.7 Å². The molecule has 2 amide bonds. The normalized spacial score (nSPS) is 23.5. The maximum atomic E-state index is 13.1. The van der Waals surface area contributed by atoms with Crippen LogP contribution < -0.4 is 5.32 Å². The number of sulfonamides is 1. The second-order valence-electron chi connectivity index (χ2n) is 7.80. The SMILES string of the molecule is Cc1ccc(C(=O)N2CCN(S(C)(=O)=O)CC2C(=O)C[C@H]2CCCNC2=O)cc1. The van der Waals surface area contributed by atoms with Crippen molar-refractivity contribution in [3.05, 3.63) is 35.4 Å². The molecule has 1 unspecified atom stereocenters. The number of ketones is 1. The summed E-state index contributed by atoms with van der Waals surface area (Å²) in [4.78, 5) is 39.7. The van der Waals surface area contributed by atoms with Gasteiger partial charge in [0.25, 0.3) is 5.91 Å². The Balaban J connectivity index is 1.83. The van der Waals surface area contributed by atoms with Crippen LogP contribution in [-0.2, 0) is 19.6 Å². The molecule has 3 rings (SSSR count). The lowest BCUT2D eigenvalue weighted by Crippen LogP contribution is -2.59. The van der Waals surface area contributed by atoms with Gasteiger partial charge in [-0.1, -0.05) is 17.7 Å². The van der Waals surface area contributed by atoms with E-state index in [1.165, 1.54) is 9.21 Å². The number of carbonyl (C=O) groups excluding carboxylic acids is 3. The van der Waals surface area contributed by atoms with Gasteiger partial charge in [-0.3, -0.25) is 14.4 Å². The quantitative estimate of drug-likeness (QED) is 0.748. The van der Waals surface area contributed by atoms with Gasteiger partial charge in [0.05, 0.1) is 6.26 Å². The highest BCUT2D eigenvalue weighted by Crippen LogP contribution is 2.22. The molecule has 0 aromatic heterocycles. The minimum absolute atomic E-state index is 0.00573. The Bertz CT molecular complexity index is 897. The van der Waals surface area contributed by atoms with Crippen LogP contribution in [0.4, 0.5) is 0 Å². The highest BCUT2D eigenvalue weighted by Gasteiger charge is 2.39. The molecule has 9 heteroatoms. The van der Waals surface area contributed by atoms with Crippen LogP contribution in [0.15, 0.2) is 24.3 Å². The Morgan fingerprint density at radius 1 is 1.17 bits per heavy atom. The van der Waals surface area contributed by atoms with E-state index in [1.807, 2.05) is 19.1 Å². The third kappa shape index (κ3) is 5.02. The molecule has 0 saturated carbocycles. The molecule has 0 bridgehead atoms. The van der Waals surface area contributed by atoms with E-state index < -0.39 is 22.0 Å². The molecule has 2 aliphatic rings. The van der Waals surface area contributed by atoms with E-state index in [0.29, 0.717) is 18.5 Å². The van der Waals surface area contributed by atoms with E-state index in [4.69, 9.17) is 0 Å². The van der Waals surface area contributed by atoms with E-state index in [9.17, 15) is 22.8 Å². The molecule has 158 valence electrons. The van der Waals surface area contributed by atoms with Crippen LogP contribution in [0.1, 0.15) is 35.2 Å². The molecule has 2 heterocycles. The van der Waals surface area contributed by atoms with Crippen molar-refractivity contribution in [1.29, 1.82) is 0 Å². The second kappa shape index (κ2) is 8.62. The van der Waals surface area contributed by atoms with Crippen LogP contribution in [0.2, 0.25) is 0 Å². The minimum Gasteiger partial charge on any atom is -0.356 e. The summed E-state index contributed by atoms with van der Waals surface area (Å²) in [7, 11) is -3.49. The van der Waals surface area contributed by atoms with E-state index in [2.05, 4.69) is 5.32 Å². The van der Waals surface area contributed by atoms with Crippen LogP contribution in [0.5, 0.6) is 0 Å². The second-order valence-corrected chi connectivity index (χ2v) is 9.78. The first-order chi connectivity index (χ1) is 13.7. The number of hydrogen-bond acceptors (Lipinski definition) is 5. The van der Waals surface area contributed by atoms with Gasteiger partial charge in [0.2, 0.25) is 15.9 Å². The molecule has 8 nitrogen and oxygen atoms in total. The van der Waals surface area contributed by atoms with Crippen molar-refractivity contribution in [3.63, 3.8) is 0 Å². The largest absolute Gasteiger partial charge is 0.356 e. The van der Waals surface area contributed by atoms with Gasteiger partial charge < -0.3 is 10.2 Å². The zero-order valence-electron chi connectivity index (χ0n) is 16.8. The third-order valence-corrected chi connectivity index (χ3v) is 6.86. The summed E-state index contributed by atoms with van der Waals surface area (Å²) in [5.74, 6) is -1.16. The number of Topliss-reactive ketones (excluding diaryl/α,β-unsaturated/α-hetero) is 1. The average molecular weight is 422 g/mol. The van der Waals surface area contributed by atoms with Gasteiger partial charge in [-0.2, -0.15) is 4.31 Å². The molecule has 1 aromatic rings. The summed E-state index contributed by atoms with van der Waals surface area (Å²) in [6.45, 7) is 2.72. The molecule has 2 aliphatic heterocycles. The molecule has 1 aromatic carbocycles. The summed E-state index contributed by atoms with van der Waals surface area (Å²) in [5.41, 5.74) is 1.47. The molecule has 0 radical (unpaired) electrons. The van der Waals surface area contributed by atoms with Gasteiger partial charge in [0.1, 0.15) is 6.04 Å². The summed E-state index contributed by atoms with van der Waals surface area (Å²) < 4.78 is 25.3. The standard InChI is InChI=1S/C20H27N3O5S/c1-14-5-7-15(8-6-14)20(26)23-11-10-22(29(2,27)28)13-17(23)18(24)12-16-4-3-9-21-19(16)25/h5-8,16-17H,3-4,9-13H2,1-2H3,(H,21,25)/t16-,17?/m1/s1. The number of piperidine rings is 1. The fourth-order valence-corrected chi connectivity index (χ4v) is 4.67. The lowest BCUT2D eigenvalue weighted by molar-refractivity contribution is -0.133. The summed E-state index contributed by atoms with van der Waals surface area (Å²) >= 11 is 0. The summed E-state index contributed by atoms with van der Waals surface area (Å²) in [6.07, 6.45) is 2.52. The predicted molar refractivity (Wildman–Crippen MR) is 108 cm³/mol. The average Bonchev–Trinajstić information content (AvgIpc) is 2.68. The zero-order chi connectivity index (χ0) is 21.2. The van der Waals surface area contributed by atoms with Gasteiger partial charge in [-0.05, 0) is 31.9 Å². The smallest absolute Gasteiger partial charge is 0.254 e. The van der Waals surface area contributed by atoms with Crippen molar-refractivity contribution in [2.45, 2.75) is 32.2 Å². The van der Waals surface area contributed by atoms with Crippen LogP contribution in [0.3, 0.4) is 0 Å². The predicted octanol–water partition coefficient (Wildman–Crippen LogP) is 0.566. The lowest BCUT2D eigenvalue weighted by atomic mass is 9.90. The third-order valence-electron chi connectivity index (χ3n) is 5.59. The maximum Gasteiger partial charge on any atom is 0.254 e. The van der Waals surface area contributed by atoms with Gasteiger partial charge in [-0.25, -0.2) is 8.42 Å². The Kier molecular flexibility index (Phi) is 6.38. The topological polar surface area (TPSA) is 104 Å². The fourth-order valence-electron chi connectivity index (χ4n) is 3.85. The maximum absolute atomic E-state index is 13.1. The molecule has 0 spiro atoms. The lowest BCUT2D eigenvalue weighted by Gasteiger charge is -2.40. The van der Waals surface area contributed by atoms with Gasteiger partial charge in [0.15, 0.2) is 5.78 Å². The number of nitrogens with one attached hydrogen (secondary N) is 1.